The van der Waals surface area contributed by atoms with Gasteiger partial charge < -0.3 is 30.2 Å². The van der Waals surface area contributed by atoms with Gasteiger partial charge in [0.1, 0.15) is 5.02 Å². The molecule has 0 saturated heterocycles. The van der Waals surface area contributed by atoms with Crippen molar-refractivity contribution in [3.05, 3.63) is 47.1 Å². The zero-order valence-electron chi connectivity index (χ0n) is 17.5. The lowest BCUT2D eigenvalue weighted by molar-refractivity contribution is 0.324. The Bertz CT molecular complexity index is 1020. The quantitative estimate of drug-likeness (QED) is 0.461. The number of aromatic nitrogens is 2. The molecule has 3 rings (SSSR count). The lowest BCUT2D eigenvalue weighted by Gasteiger charge is -2.16. The maximum absolute atomic E-state index is 6.32. The van der Waals surface area contributed by atoms with Gasteiger partial charge in [0, 0.05) is 24.9 Å². The molecule has 0 atom stereocenters. The van der Waals surface area contributed by atoms with E-state index in [1.165, 1.54) is 6.20 Å². The number of anilines is 5. The Morgan fingerprint density at radius 2 is 1.60 bits per heavy atom. The summed E-state index contributed by atoms with van der Waals surface area (Å²) in [6.07, 6.45) is 1.53. The van der Waals surface area contributed by atoms with Crippen LogP contribution in [0.4, 0.5) is 28.8 Å². The molecule has 0 fully saturated rings. The van der Waals surface area contributed by atoms with E-state index in [0.717, 1.165) is 16.9 Å². The second-order valence-corrected chi connectivity index (χ2v) is 6.76. The van der Waals surface area contributed by atoms with Crippen molar-refractivity contribution >= 4 is 40.4 Å². The van der Waals surface area contributed by atoms with Crippen LogP contribution in [0.5, 0.6) is 17.2 Å². The number of aryl methyl sites for hydroxylation is 1. The predicted molar refractivity (Wildman–Crippen MR) is 120 cm³/mol. The van der Waals surface area contributed by atoms with Gasteiger partial charge >= 0.3 is 0 Å². The van der Waals surface area contributed by atoms with Crippen LogP contribution in [0.25, 0.3) is 0 Å². The topological polar surface area (TPSA) is 89.6 Å². The molecule has 1 aromatic heterocycles. The molecule has 0 aliphatic rings. The van der Waals surface area contributed by atoms with Crippen molar-refractivity contribution in [2.45, 2.75) is 6.92 Å². The number of ether oxygens (including phenoxy) is 3. The molecule has 0 radical (unpaired) electrons. The number of nitrogens with zero attached hydrogens (tertiary/aromatic N) is 2. The van der Waals surface area contributed by atoms with Crippen molar-refractivity contribution in [3.63, 3.8) is 0 Å². The van der Waals surface area contributed by atoms with E-state index in [2.05, 4.69) is 25.9 Å². The van der Waals surface area contributed by atoms with E-state index in [1.807, 2.05) is 32.2 Å². The van der Waals surface area contributed by atoms with Crippen molar-refractivity contribution in [2.24, 2.45) is 0 Å². The van der Waals surface area contributed by atoms with Crippen LogP contribution in [-0.4, -0.2) is 38.3 Å². The third-order valence-electron chi connectivity index (χ3n) is 4.36. The van der Waals surface area contributed by atoms with Crippen LogP contribution in [0.3, 0.4) is 0 Å². The molecule has 158 valence electrons. The summed E-state index contributed by atoms with van der Waals surface area (Å²) in [4.78, 5) is 8.77. The first-order valence-corrected chi connectivity index (χ1v) is 9.51. The van der Waals surface area contributed by atoms with Gasteiger partial charge in [-0.25, -0.2) is 4.98 Å². The highest BCUT2D eigenvalue weighted by Crippen LogP contribution is 2.40. The first-order chi connectivity index (χ1) is 14.5. The minimum absolute atomic E-state index is 0.356. The van der Waals surface area contributed by atoms with Gasteiger partial charge in [-0.15, -0.1) is 0 Å². The molecule has 0 bridgehead atoms. The van der Waals surface area contributed by atoms with E-state index in [0.29, 0.717) is 39.7 Å². The van der Waals surface area contributed by atoms with Crippen molar-refractivity contribution in [1.82, 2.24) is 9.97 Å². The average molecular weight is 430 g/mol. The van der Waals surface area contributed by atoms with Gasteiger partial charge in [-0.3, -0.25) is 0 Å². The standard InChI is InChI=1S/C21H24ClN5O3/c1-12-6-7-15(16(8-12)23-2)26-20-14(22)11-24-21(27-20)25-13-9-17(28-3)19(30-5)18(10-13)29-4/h6-11,23H,1-5H3,(H2,24,25,26,27). The SMILES string of the molecule is CNc1cc(C)ccc1Nc1nc(Nc2cc(OC)c(OC)c(OC)c2)ncc1Cl. The molecule has 3 N–H and O–H groups in total. The van der Waals surface area contributed by atoms with E-state index < -0.39 is 0 Å². The Morgan fingerprint density at radius 1 is 0.900 bits per heavy atom. The zero-order chi connectivity index (χ0) is 21.7. The Hall–Kier alpha value is -3.39. The molecule has 0 spiro atoms. The van der Waals surface area contributed by atoms with E-state index in [1.54, 1.807) is 33.5 Å². The minimum atomic E-state index is 0.356. The van der Waals surface area contributed by atoms with Crippen molar-refractivity contribution in [1.29, 1.82) is 0 Å². The Kier molecular flexibility index (Phi) is 6.68. The normalized spacial score (nSPS) is 10.3. The molecule has 3 aromatic rings. The summed E-state index contributed by atoms with van der Waals surface area (Å²) >= 11 is 6.32. The summed E-state index contributed by atoms with van der Waals surface area (Å²) in [6.45, 7) is 2.03. The lowest BCUT2D eigenvalue weighted by atomic mass is 10.2. The van der Waals surface area contributed by atoms with Crippen LogP contribution in [0.1, 0.15) is 5.56 Å². The van der Waals surface area contributed by atoms with Crippen LogP contribution in [0.15, 0.2) is 36.5 Å². The third-order valence-corrected chi connectivity index (χ3v) is 4.64. The summed E-state index contributed by atoms with van der Waals surface area (Å²) in [7, 11) is 6.53. The van der Waals surface area contributed by atoms with Gasteiger partial charge in [-0.1, -0.05) is 17.7 Å². The number of benzene rings is 2. The summed E-state index contributed by atoms with van der Waals surface area (Å²) in [5, 5.41) is 9.96. The summed E-state index contributed by atoms with van der Waals surface area (Å²) in [6, 6.07) is 9.54. The molecule has 0 aliphatic carbocycles. The summed E-state index contributed by atoms with van der Waals surface area (Å²) in [5.74, 6) is 2.37. The monoisotopic (exact) mass is 429 g/mol. The summed E-state index contributed by atoms with van der Waals surface area (Å²) in [5.41, 5.74) is 3.60. The van der Waals surface area contributed by atoms with Gasteiger partial charge in [0.2, 0.25) is 11.7 Å². The summed E-state index contributed by atoms with van der Waals surface area (Å²) < 4.78 is 16.1. The fourth-order valence-electron chi connectivity index (χ4n) is 2.90. The van der Waals surface area contributed by atoms with Crippen molar-refractivity contribution in [2.75, 3.05) is 44.3 Å². The van der Waals surface area contributed by atoms with Crippen LogP contribution >= 0.6 is 11.6 Å². The third kappa shape index (κ3) is 4.60. The van der Waals surface area contributed by atoms with Crippen molar-refractivity contribution < 1.29 is 14.2 Å². The van der Waals surface area contributed by atoms with Gasteiger partial charge in [0.05, 0.1) is 38.9 Å². The van der Waals surface area contributed by atoms with Gasteiger partial charge in [-0.05, 0) is 24.6 Å². The number of nitrogens with one attached hydrogen (secondary N) is 3. The number of methoxy groups -OCH3 is 3. The smallest absolute Gasteiger partial charge is 0.229 e. The second-order valence-electron chi connectivity index (χ2n) is 6.35. The predicted octanol–water partition coefficient (Wildman–Crippen LogP) is 4.99. The Labute approximate surface area is 180 Å². The zero-order valence-corrected chi connectivity index (χ0v) is 18.2. The highest BCUT2D eigenvalue weighted by Gasteiger charge is 2.15. The molecule has 0 aliphatic heterocycles. The fraction of sp³-hybridized carbons (Fsp3) is 0.238. The number of hydrogen-bond acceptors (Lipinski definition) is 8. The molecule has 8 nitrogen and oxygen atoms in total. The molecular formula is C21H24ClN5O3. The highest BCUT2D eigenvalue weighted by molar-refractivity contribution is 6.33. The van der Waals surface area contributed by atoms with Crippen LogP contribution in [0.2, 0.25) is 5.02 Å². The van der Waals surface area contributed by atoms with Crippen LogP contribution in [-0.2, 0) is 0 Å². The molecule has 2 aromatic carbocycles. The van der Waals surface area contributed by atoms with Crippen LogP contribution in [0, 0.1) is 6.92 Å². The molecular weight excluding hydrogens is 406 g/mol. The molecule has 0 unspecified atom stereocenters. The van der Waals surface area contributed by atoms with E-state index in [-0.39, 0.29) is 0 Å². The number of rotatable bonds is 8. The lowest BCUT2D eigenvalue weighted by Crippen LogP contribution is -2.04. The maximum atomic E-state index is 6.32. The van der Waals surface area contributed by atoms with Gasteiger partial charge in [-0.2, -0.15) is 4.98 Å². The van der Waals surface area contributed by atoms with E-state index >= 15 is 0 Å². The van der Waals surface area contributed by atoms with Gasteiger partial charge in [0.15, 0.2) is 17.3 Å². The fourth-order valence-corrected chi connectivity index (χ4v) is 3.04. The van der Waals surface area contributed by atoms with E-state index in [9.17, 15) is 0 Å². The Balaban J connectivity index is 1.91. The number of halogens is 1. The first-order valence-electron chi connectivity index (χ1n) is 9.14. The first kappa shape index (κ1) is 21.3. The molecule has 0 amide bonds. The number of hydrogen-bond donors (Lipinski definition) is 3. The molecule has 30 heavy (non-hydrogen) atoms. The second kappa shape index (κ2) is 9.41. The van der Waals surface area contributed by atoms with Crippen molar-refractivity contribution in [3.8, 4) is 17.2 Å². The largest absolute Gasteiger partial charge is 0.493 e. The highest BCUT2D eigenvalue weighted by atomic mass is 35.5. The molecule has 9 heteroatoms. The van der Waals surface area contributed by atoms with Gasteiger partial charge in [0.25, 0.3) is 0 Å². The minimum Gasteiger partial charge on any atom is -0.493 e. The maximum Gasteiger partial charge on any atom is 0.229 e. The molecule has 1 heterocycles. The average Bonchev–Trinajstić information content (AvgIpc) is 2.76. The molecule has 0 saturated carbocycles. The Morgan fingerprint density at radius 3 is 2.20 bits per heavy atom. The van der Waals surface area contributed by atoms with Crippen LogP contribution < -0.4 is 30.2 Å². The van der Waals surface area contributed by atoms with E-state index in [4.69, 9.17) is 25.8 Å².